The average molecular weight is 735 g/mol. The number of rotatable bonds is 4. The van der Waals surface area contributed by atoms with Crippen molar-refractivity contribution in [3.63, 3.8) is 0 Å². The van der Waals surface area contributed by atoms with Gasteiger partial charge in [-0.1, -0.05) is 169 Å². The van der Waals surface area contributed by atoms with Gasteiger partial charge in [0.05, 0.1) is 17.0 Å². The Morgan fingerprint density at radius 1 is 0.536 bits per heavy atom. The molecule has 0 amide bonds. The first-order valence-corrected chi connectivity index (χ1v) is 19.8. The number of benzene rings is 8. The highest BCUT2D eigenvalue weighted by Gasteiger charge is 2.51. The summed E-state index contributed by atoms with van der Waals surface area (Å²) < 4.78 is 0. The lowest BCUT2D eigenvalue weighted by molar-refractivity contribution is 0.409. The molecule has 5 heteroatoms. The fraction of sp³-hybridized carbons (Fsp3) is 0.0588. The highest BCUT2D eigenvalue weighted by atomic mass is 32.2. The fourth-order valence-corrected chi connectivity index (χ4v) is 10.4. The van der Waals surface area contributed by atoms with Crippen molar-refractivity contribution in [2.45, 2.75) is 27.5 Å². The number of aliphatic imine (C=N–C) groups is 1. The molecule has 0 bridgehead atoms. The molecule has 2 N–H and O–H groups in total. The Morgan fingerprint density at radius 2 is 1.16 bits per heavy atom. The molecule has 3 aliphatic rings. The van der Waals surface area contributed by atoms with Gasteiger partial charge in [-0.3, -0.25) is 5.32 Å². The van der Waals surface area contributed by atoms with E-state index in [0.29, 0.717) is 5.56 Å². The van der Waals surface area contributed by atoms with Gasteiger partial charge < -0.3 is 5.32 Å². The van der Waals surface area contributed by atoms with E-state index < -0.39 is 5.41 Å². The first-order chi connectivity index (χ1) is 27.7. The van der Waals surface area contributed by atoms with Crippen LogP contribution < -0.4 is 10.6 Å². The number of fused-ring (bicyclic) bond motifs is 11. The van der Waals surface area contributed by atoms with Crippen molar-refractivity contribution in [2.75, 3.05) is 0 Å². The van der Waals surface area contributed by atoms with Crippen LogP contribution in [0, 0.1) is 11.3 Å². The molecule has 8 aromatic carbocycles. The number of nitrogens with zero attached hydrogens (tertiary/aromatic N) is 2. The van der Waals surface area contributed by atoms with E-state index in [9.17, 15) is 5.26 Å². The van der Waals surface area contributed by atoms with Gasteiger partial charge in [-0.15, -0.1) is 0 Å². The molecule has 3 unspecified atom stereocenters. The molecule has 8 aromatic rings. The van der Waals surface area contributed by atoms with E-state index >= 15 is 0 Å². The van der Waals surface area contributed by atoms with Gasteiger partial charge >= 0.3 is 0 Å². The quantitative estimate of drug-likeness (QED) is 0.189. The molecule has 1 aliphatic carbocycles. The topological polar surface area (TPSA) is 60.2 Å². The van der Waals surface area contributed by atoms with Crippen LogP contribution in [-0.4, -0.2) is 5.84 Å². The van der Waals surface area contributed by atoms with Gasteiger partial charge in [0.1, 0.15) is 18.2 Å². The Labute approximate surface area is 330 Å². The summed E-state index contributed by atoms with van der Waals surface area (Å²) in [6.07, 6.45) is -0.285. The number of nitriles is 1. The van der Waals surface area contributed by atoms with E-state index in [2.05, 4.69) is 180 Å². The maximum Gasteiger partial charge on any atom is 0.131 e. The zero-order chi connectivity index (χ0) is 37.2. The zero-order valence-electron chi connectivity index (χ0n) is 30.3. The zero-order valence-corrected chi connectivity index (χ0v) is 31.1. The van der Waals surface area contributed by atoms with Crippen molar-refractivity contribution >= 4 is 28.4 Å². The van der Waals surface area contributed by atoms with Crippen LogP contribution in [0.25, 0.3) is 33.0 Å². The maximum absolute atomic E-state index is 10.5. The lowest BCUT2D eigenvalue weighted by atomic mass is 9.66. The predicted octanol–water partition coefficient (Wildman–Crippen LogP) is 11.5. The second kappa shape index (κ2) is 13.0. The van der Waals surface area contributed by atoms with E-state index in [-0.39, 0.29) is 12.3 Å². The SMILES string of the molecule is N#Cc1cc2c(c3ccccc13)-c1ccccc1C21c2ccccc2Sc2ccc(-c3ccc(C4=NC(c5ccccc5)NC(c5ccccc5)N4)cc3)cc21. The van der Waals surface area contributed by atoms with Crippen molar-refractivity contribution < 1.29 is 0 Å². The van der Waals surface area contributed by atoms with E-state index in [4.69, 9.17) is 4.99 Å². The van der Waals surface area contributed by atoms with Crippen LogP contribution >= 0.6 is 11.8 Å². The third kappa shape index (κ3) is 4.94. The lowest BCUT2D eigenvalue weighted by Gasteiger charge is -2.40. The van der Waals surface area contributed by atoms with Crippen molar-refractivity contribution in [3.05, 3.63) is 226 Å². The second-order valence-electron chi connectivity index (χ2n) is 14.6. The van der Waals surface area contributed by atoms with Gasteiger partial charge in [-0.25, -0.2) is 4.99 Å². The van der Waals surface area contributed by atoms with Crippen molar-refractivity contribution in [2.24, 2.45) is 4.99 Å². The molecule has 56 heavy (non-hydrogen) atoms. The molecular weight excluding hydrogens is 701 g/mol. The van der Waals surface area contributed by atoms with Gasteiger partial charge in [0, 0.05) is 20.7 Å². The summed E-state index contributed by atoms with van der Waals surface area (Å²) in [5.74, 6) is 0.857. The van der Waals surface area contributed by atoms with Crippen molar-refractivity contribution in [3.8, 4) is 28.3 Å². The van der Waals surface area contributed by atoms with E-state index in [0.717, 1.165) is 44.4 Å². The van der Waals surface area contributed by atoms with E-state index in [1.165, 1.54) is 43.2 Å². The Kier molecular flexibility index (Phi) is 7.57. The third-order valence-corrected chi connectivity index (χ3v) is 12.8. The fourth-order valence-electron chi connectivity index (χ4n) is 9.18. The van der Waals surface area contributed by atoms with Crippen LogP contribution in [0.4, 0.5) is 0 Å². The first-order valence-electron chi connectivity index (χ1n) is 19.0. The molecule has 264 valence electrons. The van der Waals surface area contributed by atoms with E-state index in [1.807, 2.05) is 30.0 Å². The molecular formula is C51H34N4S. The predicted molar refractivity (Wildman–Crippen MR) is 227 cm³/mol. The number of amidine groups is 1. The smallest absolute Gasteiger partial charge is 0.131 e. The number of hydrogen-bond donors (Lipinski definition) is 2. The number of nitrogens with one attached hydrogen (secondary N) is 2. The molecule has 4 nitrogen and oxygen atoms in total. The van der Waals surface area contributed by atoms with Crippen LogP contribution in [-0.2, 0) is 5.41 Å². The summed E-state index contributed by atoms with van der Waals surface area (Å²) in [6.45, 7) is 0. The Hall–Kier alpha value is -6.71. The average Bonchev–Trinajstić information content (AvgIpc) is 3.57. The van der Waals surface area contributed by atoms with Crippen molar-refractivity contribution in [1.82, 2.24) is 10.6 Å². The minimum Gasteiger partial charge on any atom is -0.350 e. The Morgan fingerprint density at radius 3 is 1.95 bits per heavy atom. The third-order valence-electron chi connectivity index (χ3n) is 11.7. The molecule has 0 aromatic heterocycles. The Balaban J connectivity index is 1.06. The summed E-state index contributed by atoms with van der Waals surface area (Å²) in [6, 6.07) is 67.4. The standard InChI is InChI=1S/C51H34N4S/c52-31-37-30-44-47(39-18-8-7-17-38(37)39)40-19-9-10-20-41(40)51(44)42-21-11-12-22-45(42)56-46-28-27-36(29-43(46)51)32-23-25-35(26-24-32)50-54-48(33-13-3-1-4-14-33)53-49(55-50)34-15-5-2-6-16-34/h1-30,48-49,53H,(H,54,55). The van der Waals surface area contributed by atoms with Gasteiger partial charge in [0.2, 0.25) is 0 Å². The van der Waals surface area contributed by atoms with Crippen molar-refractivity contribution in [1.29, 1.82) is 5.26 Å². The summed E-state index contributed by atoms with van der Waals surface area (Å²) in [5, 5.41) is 20.0. The minimum atomic E-state index is -0.596. The first kappa shape index (κ1) is 32.7. The molecule has 11 rings (SSSR count). The van der Waals surface area contributed by atoms with E-state index in [1.54, 1.807) is 0 Å². The highest BCUT2D eigenvalue weighted by molar-refractivity contribution is 7.99. The molecule has 0 saturated heterocycles. The normalized spacial score (nSPS) is 18.9. The van der Waals surface area contributed by atoms with Gasteiger partial charge in [0.15, 0.2) is 0 Å². The van der Waals surface area contributed by atoms with Crippen LogP contribution in [0.3, 0.4) is 0 Å². The second-order valence-corrected chi connectivity index (χ2v) is 15.7. The molecule has 3 atom stereocenters. The molecule has 0 saturated carbocycles. The summed E-state index contributed by atoms with van der Waals surface area (Å²) >= 11 is 1.83. The lowest BCUT2D eigenvalue weighted by Crippen LogP contribution is -2.44. The summed E-state index contributed by atoms with van der Waals surface area (Å²) in [4.78, 5) is 7.64. The van der Waals surface area contributed by atoms with Crippen LogP contribution in [0.2, 0.25) is 0 Å². The molecule has 2 heterocycles. The number of hydrogen-bond acceptors (Lipinski definition) is 5. The van der Waals surface area contributed by atoms with Gasteiger partial charge in [-0.2, -0.15) is 5.26 Å². The molecule has 1 spiro atoms. The minimum absolute atomic E-state index is 0.0957. The largest absolute Gasteiger partial charge is 0.350 e. The van der Waals surface area contributed by atoms with Gasteiger partial charge in [-0.05, 0) is 85.3 Å². The summed E-state index contributed by atoms with van der Waals surface area (Å²) in [7, 11) is 0. The highest BCUT2D eigenvalue weighted by Crippen LogP contribution is 2.63. The van der Waals surface area contributed by atoms with Crippen LogP contribution in [0.15, 0.2) is 197 Å². The Bertz CT molecular complexity index is 2910. The van der Waals surface area contributed by atoms with Crippen LogP contribution in [0.1, 0.15) is 56.8 Å². The molecule has 0 radical (unpaired) electrons. The summed E-state index contributed by atoms with van der Waals surface area (Å²) in [5.41, 5.74) is 13.1. The maximum atomic E-state index is 10.5. The monoisotopic (exact) mass is 734 g/mol. The molecule has 0 fully saturated rings. The van der Waals surface area contributed by atoms with Crippen LogP contribution in [0.5, 0.6) is 0 Å². The van der Waals surface area contributed by atoms with Gasteiger partial charge in [0.25, 0.3) is 0 Å². The molecule has 2 aliphatic heterocycles.